The molecule has 0 heterocycles. The Morgan fingerprint density at radius 1 is 1.19 bits per heavy atom. The van der Waals surface area contributed by atoms with Crippen LogP contribution in [0.1, 0.15) is 12.0 Å². The van der Waals surface area contributed by atoms with Crippen molar-refractivity contribution in [3.8, 4) is 0 Å². The largest absolute Gasteiger partial charge is 0.421 e. The molecule has 1 unspecified atom stereocenters. The summed E-state index contributed by atoms with van der Waals surface area (Å²) >= 11 is 0. The number of rotatable bonds is 3. The monoisotopic (exact) mass is 237 g/mol. The van der Waals surface area contributed by atoms with Gasteiger partial charge in [-0.3, -0.25) is 0 Å². The Labute approximate surface area is 89.7 Å². The molecule has 0 aromatic heterocycles. The lowest BCUT2D eigenvalue weighted by atomic mass is 9.89. The molecule has 0 saturated carbocycles. The molecule has 0 aliphatic heterocycles. The van der Waals surface area contributed by atoms with Crippen LogP contribution in [0, 0.1) is 5.82 Å². The lowest BCUT2D eigenvalue weighted by molar-refractivity contribution is -0.269. The van der Waals surface area contributed by atoms with Gasteiger partial charge in [-0.1, -0.05) is 18.2 Å². The molecule has 0 saturated heterocycles. The van der Waals surface area contributed by atoms with Crippen molar-refractivity contribution in [3.05, 3.63) is 35.6 Å². The molecule has 0 amide bonds. The van der Waals surface area contributed by atoms with Gasteiger partial charge in [-0.05, 0) is 12.6 Å². The SMILES string of the molecule is NCCC(O)(c1ccccc1F)C(F)(F)F. The number of nitrogens with two attached hydrogens (primary N) is 1. The number of halogens is 4. The average Bonchev–Trinajstić information content (AvgIpc) is 2.16. The van der Waals surface area contributed by atoms with E-state index in [0.717, 1.165) is 12.1 Å². The Balaban J connectivity index is 3.28. The van der Waals surface area contributed by atoms with Crippen molar-refractivity contribution in [1.29, 1.82) is 0 Å². The van der Waals surface area contributed by atoms with Crippen LogP contribution in [0.15, 0.2) is 24.3 Å². The van der Waals surface area contributed by atoms with Crippen LogP contribution < -0.4 is 5.73 Å². The van der Waals surface area contributed by atoms with Gasteiger partial charge in [-0.25, -0.2) is 4.39 Å². The normalized spacial score (nSPS) is 15.9. The van der Waals surface area contributed by atoms with Crippen molar-refractivity contribution < 1.29 is 22.7 Å². The van der Waals surface area contributed by atoms with Crippen molar-refractivity contribution in [2.75, 3.05) is 6.54 Å². The summed E-state index contributed by atoms with van der Waals surface area (Å²) in [5, 5.41) is 9.55. The van der Waals surface area contributed by atoms with Crippen LogP contribution in [0.4, 0.5) is 17.6 Å². The molecule has 0 bridgehead atoms. The maximum atomic E-state index is 13.2. The van der Waals surface area contributed by atoms with E-state index in [9.17, 15) is 22.7 Å². The summed E-state index contributed by atoms with van der Waals surface area (Å²) in [4.78, 5) is 0. The molecule has 0 spiro atoms. The number of hydrogen-bond donors (Lipinski definition) is 2. The average molecular weight is 237 g/mol. The van der Waals surface area contributed by atoms with Crippen molar-refractivity contribution in [2.24, 2.45) is 5.73 Å². The molecule has 90 valence electrons. The molecule has 1 aromatic carbocycles. The first-order valence-electron chi connectivity index (χ1n) is 4.57. The number of hydrogen-bond acceptors (Lipinski definition) is 2. The fourth-order valence-corrected chi connectivity index (χ4v) is 1.43. The van der Waals surface area contributed by atoms with E-state index in [0.29, 0.717) is 0 Å². The van der Waals surface area contributed by atoms with Gasteiger partial charge in [0.05, 0.1) is 0 Å². The minimum Gasteiger partial charge on any atom is -0.376 e. The van der Waals surface area contributed by atoms with E-state index >= 15 is 0 Å². The second-order valence-electron chi connectivity index (χ2n) is 3.38. The first kappa shape index (κ1) is 12.9. The highest BCUT2D eigenvalue weighted by Crippen LogP contribution is 2.42. The van der Waals surface area contributed by atoms with Crippen LogP contribution in [0.3, 0.4) is 0 Å². The second-order valence-corrected chi connectivity index (χ2v) is 3.38. The minimum absolute atomic E-state index is 0.398. The van der Waals surface area contributed by atoms with Crippen LogP contribution in [0.25, 0.3) is 0 Å². The van der Waals surface area contributed by atoms with Crippen LogP contribution in [-0.2, 0) is 5.60 Å². The molecule has 0 fully saturated rings. The minimum atomic E-state index is -4.96. The molecule has 0 radical (unpaired) electrons. The fourth-order valence-electron chi connectivity index (χ4n) is 1.43. The quantitative estimate of drug-likeness (QED) is 0.789. The molecule has 6 heteroatoms. The van der Waals surface area contributed by atoms with E-state index in [1.54, 1.807) is 0 Å². The van der Waals surface area contributed by atoms with E-state index < -0.39 is 36.1 Å². The molecule has 1 aromatic rings. The highest BCUT2D eigenvalue weighted by molar-refractivity contribution is 5.26. The van der Waals surface area contributed by atoms with Crippen LogP contribution >= 0.6 is 0 Å². The number of aliphatic hydroxyl groups is 1. The van der Waals surface area contributed by atoms with Crippen molar-refractivity contribution >= 4 is 0 Å². The van der Waals surface area contributed by atoms with E-state index in [4.69, 9.17) is 5.73 Å². The molecule has 16 heavy (non-hydrogen) atoms. The van der Waals surface area contributed by atoms with E-state index in [1.807, 2.05) is 0 Å². The predicted molar refractivity (Wildman–Crippen MR) is 50.0 cm³/mol. The van der Waals surface area contributed by atoms with Crippen molar-refractivity contribution in [2.45, 2.75) is 18.2 Å². The third-order valence-corrected chi connectivity index (χ3v) is 2.29. The molecule has 0 aliphatic carbocycles. The zero-order valence-corrected chi connectivity index (χ0v) is 8.26. The van der Waals surface area contributed by atoms with E-state index in [1.165, 1.54) is 12.1 Å². The Morgan fingerprint density at radius 3 is 2.19 bits per heavy atom. The molecule has 1 rings (SSSR count). The van der Waals surface area contributed by atoms with Crippen molar-refractivity contribution in [1.82, 2.24) is 0 Å². The van der Waals surface area contributed by atoms with Gasteiger partial charge in [-0.15, -0.1) is 0 Å². The summed E-state index contributed by atoms with van der Waals surface area (Å²) in [6, 6.07) is 4.24. The van der Waals surface area contributed by atoms with Crippen LogP contribution in [0.5, 0.6) is 0 Å². The van der Waals surface area contributed by atoms with Gasteiger partial charge in [0.1, 0.15) is 5.82 Å². The lowest BCUT2D eigenvalue weighted by Gasteiger charge is -2.30. The second kappa shape index (κ2) is 4.39. The molecule has 1 atom stereocenters. The third-order valence-electron chi connectivity index (χ3n) is 2.29. The van der Waals surface area contributed by atoms with Gasteiger partial charge in [0.2, 0.25) is 0 Å². The maximum Gasteiger partial charge on any atom is 0.421 e. The summed E-state index contributed by atoms with van der Waals surface area (Å²) in [7, 11) is 0. The summed E-state index contributed by atoms with van der Waals surface area (Å²) in [5.41, 5.74) is 0.989. The molecule has 0 aliphatic rings. The van der Waals surface area contributed by atoms with Gasteiger partial charge in [0, 0.05) is 12.0 Å². The topological polar surface area (TPSA) is 46.2 Å². The zero-order valence-electron chi connectivity index (χ0n) is 8.26. The van der Waals surface area contributed by atoms with E-state index in [2.05, 4.69) is 0 Å². The summed E-state index contributed by atoms with van der Waals surface area (Å²) in [5.74, 6) is -1.10. The first-order chi connectivity index (χ1) is 7.33. The fraction of sp³-hybridized carbons (Fsp3) is 0.400. The zero-order chi connectivity index (χ0) is 12.4. The standard InChI is InChI=1S/C10H11F4NO/c11-8-4-2-1-3-7(8)9(16,5-6-15)10(12,13)14/h1-4,16H,5-6,15H2. The number of alkyl halides is 3. The van der Waals surface area contributed by atoms with Gasteiger partial charge < -0.3 is 10.8 Å². The first-order valence-corrected chi connectivity index (χ1v) is 4.57. The van der Waals surface area contributed by atoms with Gasteiger partial charge in [-0.2, -0.15) is 13.2 Å². The summed E-state index contributed by atoms with van der Waals surface area (Å²) in [6.45, 7) is -0.398. The molecular weight excluding hydrogens is 226 g/mol. The van der Waals surface area contributed by atoms with Gasteiger partial charge in [0.25, 0.3) is 0 Å². The molecular formula is C10H11F4NO. The Bertz CT molecular complexity index is 366. The smallest absolute Gasteiger partial charge is 0.376 e. The van der Waals surface area contributed by atoms with Gasteiger partial charge in [0.15, 0.2) is 5.60 Å². The summed E-state index contributed by atoms with van der Waals surface area (Å²) < 4.78 is 51.3. The van der Waals surface area contributed by atoms with Crippen LogP contribution in [-0.4, -0.2) is 17.8 Å². The van der Waals surface area contributed by atoms with Crippen LogP contribution in [0.2, 0.25) is 0 Å². The Hall–Kier alpha value is -1.14. The maximum absolute atomic E-state index is 13.2. The molecule has 2 nitrogen and oxygen atoms in total. The summed E-state index contributed by atoms with van der Waals surface area (Å²) in [6.07, 6.45) is -5.74. The lowest BCUT2D eigenvalue weighted by Crippen LogP contribution is -2.44. The number of benzene rings is 1. The Kier molecular flexibility index (Phi) is 3.54. The van der Waals surface area contributed by atoms with E-state index in [-0.39, 0.29) is 0 Å². The highest BCUT2D eigenvalue weighted by Gasteiger charge is 2.55. The third kappa shape index (κ3) is 2.17. The highest BCUT2D eigenvalue weighted by atomic mass is 19.4. The Morgan fingerprint density at radius 2 is 1.75 bits per heavy atom. The van der Waals surface area contributed by atoms with Crippen molar-refractivity contribution in [3.63, 3.8) is 0 Å². The predicted octanol–water partition coefficient (Wildman–Crippen LogP) is 1.92. The molecule has 3 N–H and O–H groups in total. The van der Waals surface area contributed by atoms with Gasteiger partial charge >= 0.3 is 6.18 Å².